The molecule has 9 nitrogen and oxygen atoms in total. The predicted molar refractivity (Wildman–Crippen MR) is 132 cm³/mol. The number of hydrogen-bond donors (Lipinski definition) is 4. The summed E-state index contributed by atoms with van der Waals surface area (Å²) in [5.41, 5.74) is 5.67. The van der Waals surface area contributed by atoms with Gasteiger partial charge in [0.25, 0.3) is 5.91 Å². The summed E-state index contributed by atoms with van der Waals surface area (Å²) in [6, 6.07) is 13.8. The van der Waals surface area contributed by atoms with Gasteiger partial charge in [0.05, 0.1) is 6.61 Å². The summed E-state index contributed by atoms with van der Waals surface area (Å²) in [6.45, 7) is 4.85. The highest BCUT2D eigenvalue weighted by Crippen LogP contribution is 2.35. The number of nitrogens with zero attached hydrogens (tertiary/aromatic N) is 1. The van der Waals surface area contributed by atoms with E-state index in [4.69, 9.17) is 15.1 Å². The molecule has 10 heteroatoms. The van der Waals surface area contributed by atoms with Crippen LogP contribution in [0.15, 0.2) is 42.5 Å². The Bertz CT molecular complexity index is 1140. The van der Waals surface area contributed by atoms with Gasteiger partial charge in [0, 0.05) is 13.1 Å². The fourth-order valence-corrected chi connectivity index (χ4v) is 5.88. The van der Waals surface area contributed by atoms with Crippen LogP contribution in [0.1, 0.15) is 43.7 Å². The molecule has 1 amide bonds. The Morgan fingerprint density at radius 2 is 1.89 bits per heavy atom. The van der Waals surface area contributed by atoms with Crippen LogP contribution in [-0.4, -0.2) is 71.2 Å². The van der Waals surface area contributed by atoms with Gasteiger partial charge in [-0.15, -0.1) is 0 Å². The number of benzene rings is 2. The van der Waals surface area contributed by atoms with Gasteiger partial charge in [0.2, 0.25) is 10.0 Å². The van der Waals surface area contributed by atoms with E-state index in [0.29, 0.717) is 31.7 Å². The minimum Gasteiger partial charge on any atom is -0.491 e. The molecule has 4 N–H and O–H groups in total. The first-order valence-electron chi connectivity index (χ1n) is 11.6. The van der Waals surface area contributed by atoms with Crippen molar-refractivity contribution in [2.75, 3.05) is 26.3 Å². The largest absolute Gasteiger partial charge is 0.491 e. The number of piperidine rings is 1. The fourth-order valence-electron chi connectivity index (χ4n) is 4.27. The van der Waals surface area contributed by atoms with Gasteiger partial charge in [-0.25, -0.2) is 18.2 Å². The van der Waals surface area contributed by atoms with Gasteiger partial charge in [-0.1, -0.05) is 30.3 Å². The number of amides is 1. The lowest BCUT2D eigenvalue weighted by molar-refractivity contribution is -0.131. The first kappa shape index (κ1) is 27.1. The smallest absolute Gasteiger partial charge is 0.265 e. The number of aryl methyl sites for hydroxylation is 1. The average Bonchev–Trinajstić information content (AvgIpc) is 2.86. The number of rotatable bonds is 9. The molecular weight excluding hydrogens is 472 g/mol. The van der Waals surface area contributed by atoms with E-state index in [-0.39, 0.29) is 19.1 Å². The Labute approximate surface area is 206 Å². The summed E-state index contributed by atoms with van der Waals surface area (Å²) < 4.78 is 31.0. The van der Waals surface area contributed by atoms with E-state index in [1.807, 2.05) is 31.2 Å². The first-order chi connectivity index (χ1) is 16.5. The molecule has 2 aromatic carbocycles. The molecule has 192 valence electrons. The van der Waals surface area contributed by atoms with Gasteiger partial charge < -0.3 is 14.9 Å². The number of carbonyl (C=O) groups excluding carboxylic acids is 1. The second kappa shape index (κ2) is 11.0. The zero-order valence-electron chi connectivity index (χ0n) is 20.3. The minimum absolute atomic E-state index is 0.00808. The fraction of sp³-hybridized carbons (Fsp3) is 0.480. The van der Waals surface area contributed by atoms with E-state index in [1.54, 1.807) is 6.07 Å². The molecule has 0 spiro atoms. The normalized spacial score (nSPS) is 16.6. The van der Waals surface area contributed by atoms with E-state index in [0.717, 1.165) is 22.3 Å². The summed E-state index contributed by atoms with van der Waals surface area (Å²) in [6.07, 6.45) is 0.329. The van der Waals surface area contributed by atoms with Crippen LogP contribution in [0, 0.1) is 6.92 Å². The maximum absolute atomic E-state index is 13.0. The first-order valence-corrected chi connectivity index (χ1v) is 13.0. The summed E-state index contributed by atoms with van der Waals surface area (Å²) in [4.78, 5) is 11.9. The monoisotopic (exact) mass is 506 g/mol. The third-order valence-electron chi connectivity index (χ3n) is 6.61. The van der Waals surface area contributed by atoms with Crippen LogP contribution in [0.5, 0.6) is 5.75 Å². The topological polar surface area (TPSA) is 136 Å². The van der Waals surface area contributed by atoms with Crippen molar-refractivity contribution in [1.82, 2.24) is 9.79 Å². The highest BCUT2D eigenvalue weighted by Gasteiger charge is 2.46. The number of nitrogens with one attached hydrogen (secondary N) is 1. The van der Waals surface area contributed by atoms with E-state index in [9.17, 15) is 18.3 Å². The van der Waals surface area contributed by atoms with Crippen molar-refractivity contribution in [3.63, 3.8) is 0 Å². The Hall–Kier alpha value is -2.50. The highest BCUT2D eigenvalue weighted by atomic mass is 32.2. The molecule has 1 aliphatic rings. The van der Waals surface area contributed by atoms with Crippen LogP contribution in [0.2, 0.25) is 0 Å². The minimum atomic E-state index is -3.93. The predicted octanol–water partition coefficient (Wildman–Crippen LogP) is 2.19. The van der Waals surface area contributed by atoms with Crippen molar-refractivity contribution in [2.24, 2.45) is 0 Å². The van der Waals surface area contributed by atoms with Crippen molar-refractivity contribution in [1.29, 1.82) is 0 Å². The van der Waals surface area contributed by atoms with Crippen LogP contribution in [0.3, 0.4) is 0 Å². The van der Waals surface area contributed by atoms with Crippen LogP contribution < -0.4 is 10.2 Å². The van der Waals surface area contributed by atoms with Gasteiger partial charge in [0.1, 0.15) is 18.5 Å². The van der Waals surface area contributed by atoms with Crippen molar-refractivity contribution in [3.8, 4) is 16.9 Å². The van der Waals surface area contributed by atoms with Gasteiger partial charge in [0.15, 0.2) is 4.75 Å². The number of carbonyl (C=O) groups is 1. The van der Waals surface area contributed by atoms with E-state index >= 15 is 0 Å². The third-order valence-corrected chi connectivity index (χ3v) is 9.13. The van der Waals surface area contributed by atoms with Crippen molar-refractivity contribution in [2.45, 2.75) is 50.4 Å². The molecule has 1 atom stereocenters. The molecule has 0 radical (unpaired) electrons. The molecule has 0 aromatic heterocycles. The molecule has 0 aliphatic carbocycles. The van der Waals surface area contributed by atoms with Gasteiger partial charge in [-0.05, 0) is 73.9 Å². The number of ether oxygens (including phenoxy) is 1. The molecule has 0 saturated carbocycles. The van der Waals surface area contributed by atoms with Gasteiger partial charge >= 0.3 is 0 Å². The number of aliphatic hydroxyl groups excluding tert-OH is 2. The van der Waals surface area contributed by atoms with Crippen molar-refractivity contribution < 1.29 is 33.4 Å². The van der Waals surface area contributed by atoms with Crippen LogP contribution in [0.4, 0.5) is 0 Å². The molecular formula is C25H34N2O7S. The average molecular weight is 507 g/mol. The zero-order chi connectivity index (χ0) is 25.8. The lowest BCUT2D eigenvalue weighted by Crippen LogP contribution is -2.54. The van der Waals surface area contributed by atoms with Crippen LogP contribution in [-0.2, 0) is 14.8 Å². The molecule has 35 heavy (non-hydrogen) atoms. The van der Waals surface area contributed by atoms with E-state index in [1.165, 1.54) is 23.6 Å². The quantitative estimate of drug-likeness (QED) is 0.302. The molecule has 1 saturated heterocycles. The van der Waals surface area contributed by atoms with Gasteiger partial charge in [-0.3, -0.25) is 10.0 Å². The molecule has 2 aromatic rings. The number of hydrogen-bond acceptors (Lipinski definition) is 7. The zero-order valence-corrected chi connectivity index (χ0v) is 21.1. The maximum Gasteiger partial charge on any atom is 0.265 e. The standard InChI is InChI=1S/C25H34N2O7S/c1-17-13-19(7-8-23(17)20-5-4-6-22(14-20)34-16-21(29)15-28)18-9-11-27(12-10-18)35(32,33)25(2,3)24(30)26-31/h4-8,13-14,18,21,28-29,31H,9-12,15-16H2,1-3H3,(H,26,30)/t21-/m0/s1. The molecule has 0 bridgehead atoms. The Balaban J connectivity index is 1.70. The second-order valence-electron chi connectivity index (χ2n) is 9.38. The van der Waals surface area contributed by atoms with E-state index < -0.39 is 26.8 Å². The summed E-state index contributed by atoms with van der Waals surface area (Å²) in [7, 11) is -3.93. The lowest BCUT2D eigenvalue weighted by atomic mass is 9.87. The van der Waals surface area contributed by atoms with E-state index in [2.05, 4.69) is 12.1 Å². The molecule has 3 rings (SSSR count). The molecule has 1 heterocycles. The van der Waals surface area contributed by atoms with Crippen molar-refractivity contribution in [3.05, 3.63) is 53.6 Å². The second-order valence-corrected chi connectivity index (χ2v) is 11.9. The summed E-state index contributed by atoms with van der Waals surface area (Å²) in [5.74, 6) is -0.159. The summed E-state index contributed by atoms with van der Waals surface area (Å²) >= 11 is 0. The van der Waals surface area contributed by atoms with Crippen LogP contribution >= 0.6 is 0 Å². The van der Waals surface area contributed by atoms with Crippen molar-refractivity contribution >= 4 is 15.9 Å². The highest BCUT2D eigenvalue weighted by molar-refractivity contribution is 7.91. The van der Waals surface area contributed by atoms with Crippen LogP contribution in [0.25, 0.3) is 11.1 Å². The molecule has 1 aliphatic heterocycles. The lowest BCUT2D eigenvalue weighted by Gasteiger charge is -2.36. The SMILES string of the molecule is Cc1cc(C2CCN(S(=O)(=O)C(C)(C)C(=O)NO)CC2)ccc1-c1cccc(OC[C@@H](O)CO)c1. The number of aliphatic hydroxyl groups is 2. The summed E-state index contributed by atoms with van der Waals surface area (Å²) in [5, 5.41) is 27.4. The molecule has 0 unspecified atom stereocenters. The third kappa shape index (κ3) is 5.84. The molecule has 1 fully saturated rings. The number of sulfonamides is 1. The number of hydroxylamine groups is 1. The van der Waals surface area contributed by atoms with Gasteiger partial charge in [-0.2, -0.15) is 0 Å². The Morgan fingerprint density at radius 3 is 2.49 bits per heavy atom. The Morgan fingerprint density at radius 1 is 1.20 bits per heavy atom. The maximum atomic E-state index is 13.0. The Kier molecular flexibility index (Phi) is 8.55.